The second-order valence-electron chi connectivity index (χ2n) is 11.2. The number of sulfone groups is 1. The molecule has 4 rings (SSSR count). The van der Waals surface area contributed by atoms with Gasteiger partial charge in [-0.1, -0.05) is 11.6 Å². The third kappa shape index (κ3) is 11.6. The van der Waals surface area contributed by atoms with Crippen molar-refractivity contribution in [2.24, 2.45) is 11.6 Å². The number of hydrogen-bond acceptors (Lipinski definition) is 17. The first-order valence-electron chi connectivity index (χ1n) is 15.1. The SMILES string of the molecule is [2H]NC1NC(SCCNC2NC(Cl)NC(NC3CCC(S(=O)(=O)CCOS(=O)(=O)O)CC3)N2)NC(N2CCCC(C(=O)O)C2)N1. The maximum absolute atomic E-state index is 12.6. The molecule has 22 heteroatoms. The lowest BCUT2D eigenvalue weighted by Crippen LogP contribution is -2.74. The van der Waals surface area contributed by atoms with E-state index in [0.29, 0.717) is 50.9 Å². The van der Waals surface area contributed by atoms with Crippen molar-refractivity contribution in [3.63, 3.8) is 0 Å². The Labute approximate surface area is 268 Å². The zero-order valence-electron chi connectivity index (χ0n) is 25.1. The van der Waals surface area contributed by atoms with Crippen LogP contribution in [-0.2, 0) is 29.2 Å². The number of carboxylic acids is 1. The molecule has 12 N–H and O–H groups in total. The number of rotatable bonds is 15. The highest BCUT2D eigenvalue weighted by Gasteiger charge is 2.35. The van der Waals surface area contributed by atoms with Crippen molar-refractivity contribution >= 4 is 49.6 Å². The van der Waals surface area contributed by atoms with Crippen LogP contribution < -0.4 is 48.3 Å². The Morgan fingerprint density at radius 2 is 1.82 bits per heavy atom. The second-order valence-corrected chi connectivity index (χ2v) is 16.3. The summed E-state index contributed by atoms with van der Waals surface area (Å²) < 4.78 is 66.9. The molecule has 1 saturated carbocycles. The van der Waals surface area contributed by atoms with Crippen LogP contribution in [0.25, 0.3) is 0 Å². The molecule has 7 unspecified atom stereocenters. The summed E-state index contributed by atoms with van der Waals surface area (Å²) in [5.41, 5.74) is 1.72. The van der Waals surface area contributed by atoms with Gasteiger partial charge in [0.15, 0.2) is 9.84 Å². The quantitative estimate of drug-likeness (QED) is 0.0344. The normalized spacial score (nSPS) is 36.5. The van der Waals surface area contributed by atoms with E-state index < -0.39 is 61.6 Å². The van der Waals surface area contributed by atoms with Gasteiger partial charge in [-0.15, -0.1) is 11.8 Å². The van der Waals surface area contributed by atoms with Crippen LogP contribution >= 0.6 is 23.4 Å². The van der Waals surface area contributed by atoms with E-state index in [1.807, 2.05) is 0 Å². The molecule has 4 fully saturated rings. The topological polar surface area (TPSA) is 261 Å². The first-order chi connectivity index (χ1) is 21.3. The lowest BCUT2D eigenvalue weighted by atomic mass is 9.95. The lowest BCUT2D eigenvalue weighted by Gasteiger charge is -2.44. The van der Waals surface area contributed by atoms with Crippen molar-refractivity contribution in [2.45, 2.75) is 86.1 Å². The molecule has 3 heterocycles. The first kappa shape index (κ1) is 34.9. The highest BCUT2D eigenvalue weighted by molar-refractivity contribution is 7.99. The molecule has 3 aliphatic heterocycles. The van der Waals surface area contributed by atoms with Crippen LogP contribution in [0.3, 0.4) is 0 Å². The Morgan fingerprint density at radius 1 is 1.07 bits per heavy atom. The number of alkyl halides is 1. The van der Waals surface area contributed by atoms with E-state index in [1.165, 1.54) is 0 Å². The number of carboxylic acid groups (broad SMARTS) is 1. The number of halogens is 1. The van der Waals surface area contributed by atoms with E-state index in [4.69, 9.17) is 17.6 Å². The van der Waals surface area contributed by atoms with Gasteiger partial charge in [0.2, 0.25) is 0 Å². The molecule has 0 amide bonds. The fourth-order valence-electron chi connectivity index (χ4n) is 5.79. The zero-order chi connectivity index (χ0) is 32.6. The van der Waals surface area contributed by atoms with E-state index in [1.54, 1.807) is 11.8 Å². The Kier molecular flexibility index (Phi) is 13.1. The minimum absolute atomic E-state index is 0.0305. The molecule has 0 aromatic heterocycles. The molecule has 44 heavy (non-hydrogen) atoms. The number of piperidine rings is 1. The van der Waals surface area contributed by atoms with Gasteiger partial charge < -0.3 is 10.8 Å². The monoisotopic (exact) mass is 709 g/mol. The third-order valence-corrected chi connectivity index (χ3v) is 12.0. The summed E-state index contributed by atoms with van der Waals surface area (Å²) in [5, 5.41) is 35.3. The minimum atomic E-state index is -4.68. The number of nitrogens with one attached hydrogen (secondary N) is 8. The number of carbonyl (C=O) groups is 1. The number of aliphatic carboxylic acids is 1. The average Bonchev–Trinajstić information content (AvgIpc) is 2.98. The smallest absolute Gasteiger partial charge is 0.397 e. The van der Waals surface area contributed by atoms with Gasteiger partial charge >= 0.3 is 16.4 Å². The van der Waals surface area contributed by atoms with Crippen molar-refractivity contribution in [3.8, 4) is 0 Å². The van der Waals surface area contributed by atoms with Crippen molar-refractivity contribution < 1.29 is 36.9 Å². The van der Waals surface area contributed by atoms with E-state index in [-0.39, 0.29) is 30.4 Å². The Balaban J connectivity index is 1.16. The molecule has 0 aromatic rings. The molecule has 3 saturated heterocycles. The van der Waals surface area contributed by atoms with Crippen LogP contribution in [-0.4, -0.2) is 123 Å². The van der Waals surface area contributed by atoms with Gasteiger partial charge in [-0.25, -0.2) is 12.6 Å². The Morgan fingerprint density at radius 3 is 2.52 bits per heavy atom. The second kappa shape index (κ2) is 16.6. The van der Waals surface area contributed by atoms with Gasteiger partial charge in [0.05, 0.1) is 23.5 Å². The fourth-order valence-corrected chi connectivity index (χ4v) is 9.01. The summed E-state index contributed by atoms with van der Waals surface area (Å²) in [7, 11) is -8.25. The van der Waals surface area contributed by atoms with Gasteiger partial charge in [-0.05, 0) is 38.5 Å². The molecule has 1 aliphatic carbocycles. The molecule has 256 valence electrons. The molecule has 0 aromatic carbocycles. The molecule has 0 spiro atoms. The number of likely N-dealkylation sites (tertiary alicyclic amines) is 1. The average molecular weight is 710 g/mol. The van der Waals surface area contributed by atoms with Gasteiger partial charge in [0, 0.05) is 31.4 Å². The Hall–Kier alpha value is -0.470. The van der Waals surface area contributed by atoms with Crippen molar-refractivity contribution in [1.82, 2.24) is 47.4 Å². The maximum atomic E-state index is 12.6. The minimum Gasteiger partial charge on any atom is -0.481 e. The highest BCUT2D eigenvalue weighted by atomic mass is 35.5. The summed E-state index contributed by atoms with van der Waals surface area (Å²) in [4.78, 5) is 13.6. The van der Waals surface area contributed by atoms with Crippen LogP contribution in [0, 0.1) is 5.92 Å². The zero-order valence-corrected chi connectivity index (χ0v) is 27.3. The van der Waals surface area contributed by atoms with Crippen LogP contribution in [0.4, 0.5) is 0 Å². The molecule has 18 nitrogen and oxygen atoms in total. The van der Waals surface area contributed by atoms with Crippen LogP contribution in [0.15, 0.2) is 0 Å². The van der Waals surface area contributed by atoms with Crippen molar-refractivity contribution in [1.29, 1.82) is 0 Å². The number of thioether (sulfide) groups is 1. The van der Waals surface area contributed by atoms with Gasteiger partial charge in [0.25, 0.3) is 0 Å². The summed E-state index contributed by atoms with van der Waals surface area (Å²) in [6, 6.07) is 0.0305. The van der Waals surface area contributed by atoms with Crippen molar-refractivity contribution in [3.05, 3.63) is 0 Å². The molecule has 0 radical (unpaired) electrons. The number of nitrogens with two attached hydrogens (primary N) is 1. The highest BCUT2D eigenvalue weighted by Crippen LogP contribution is 2.25. The summed E-state index contributed by atoms with van der Waals surface area (Å²) in [6.45, 7) is 1.18. The molecular formula is C22H45ClN10O8S3. The fraction of sp³-hybridized carbons (Fsp3) is 0.955. The predicted molar refractivity (Wildman–Crippen MR) is 164 cm³/mol. The largest absolute Gasteiger partial charge is 0.481 e. The van der Waals surface area contributed by atoms with E-state index in [9.17, 15) is 26.7 Å². The van der Waals surface area contributed by atoms with E-state index in [2.05, 4.69) is 57.3 Å². The predicted octanol–water partition coefficient (Wildman–Crippen LogP) is -3.30. The van der Waals surface area contributed by atoms with Crippen LogP contribution in [0.5, 0.6) is 0 Å². The van der Waals surface area contributed by atoms with Gasteiger partial charge in [0.1, 0.15) is 37.7 Å². The number of hydrogen-bond donors (Lipinski definition) is 11. The van der Waals surface area contributed by atoms with Crippen LogP contribution in [0.1, 0.15) is 38.5 Å². The van der Waals surface area contributed by atoms with Crippen LogP contribution in [0.2, 0.25) is 1.41 Å². The third-order valence-electron chi connectivity index (χ3n) is 8.00. The standard InChI is InChI=1S/C22H45ClN10O8S3/c23-17-27-19(25-7-10-42-22-30-18(24)29-21(32-22)33-8-1-2-13(12-33)16(34)35)31-20(28-17)26-14-3-5-15(6-4-14)43(36,37)11-9-41-44(38,39)40/h13-15,17-22,25-32H,1-12,24H2,(H,34,35)(H,38,39,40)/i/hD. The first-order valence-corrected chi connectivity index (χ1v) is 19.2. The molecular weight excluding hydrogens is 664 g/mol. The summed E-state index contributed by atoms with van der Waals surface area (Å²) in [6.07, 6.45) is 2.03. The maximum Gasteiger partial charge on any atom is 0.397 e. The number of nitrogens with zero attached hydrogens (tertiary/aromatic N) is 1. The van der Waals surface area contributed by atoms with E-state index >= 15 is 0 Å². The molecule has 7 atom stereocenters. The summed E-state index contributed by atoms with van der Waals surface area (Å²) in [5.74, 6) is -0.986. The van der Waals surface area contributed by atoms with Crippen molar-refractivity contribution in [2.75, 3.05) is 37.7 Å². The lowest BCUT2D eigenvalue weighted by molar-refractivity contribution is -0.144. The molecule has 4 aliphatic rings. The Bertz CT molecular complexity index is 1180. The molecule has 0 bridgehead atoms. The van der Waals surface area contributed by atoms with Gasteiger partial charge in [-0.2, -0.15) is 8.42 Å². The van der Waals surface area contributed by atoms with E-state index in [0.717, 1.165) is 13.0 Å². The van der Waals surface area contributed by atoms with Gasteiger partial charge in [-0.3, -0.25) is 56.8 Å². The summed E-state index contributed by atoms with van der Waals surface area (Å²) >= 11 is 7.99.